The molecule has 160 valence electrons. The molecule has 7 heteroatoms. The van der Waals surface area contributed by atoms with Gasteiger partial charge in [-0.2, -0.15) is 0 Å². The molecule has 4 rings (SSSR count). The summed E-state index contributed by atoms with van der Waals surface area (Å²) >= 11 is 3.50. The van der Waals surface area contributed by atoms with Gasteiger partial charge in [0.15, 0.2) is 0 Å². The maximum absolute atomic E-state index is 8.93. The van der Waals surface area contributed by atoms with Gasteiger partial charge in [-0.25, -0.2) is 0 Å². The predicted octanol–water partition coefficient (Wildman–Crippen LogP) is 1.79. The monoisotopic (exact) mass is 481 g/mol. The number of carbonyl (C=O) groups is 2. The van der Waals surface area contributed by atoms with Gasteiger partial charge in [-0.05, 0) is 29.3 Å². The van der Waals surface area contributed by atoms with Crippen LogP contribution in [0.4, 0.5) is 0 Å². The minimum atomic E-state index is -2.19. The number of rotatable bonds is 5. The molecule has 3 aromatic rings. The first-order valence-electron chi connectivity index (χ1n) is 9.62. The van der Waals surface area contributed by atoms with Gasteiger partial charge < -0.3 is 24.5 Å². The van der Waals surface area contributed by atoms with Crippen molar-refractivity contribution in [3.8, 4) is 5.75 Å². The highest BCUT2D eigenvalue weighted by Gasteiger charge is 2.35. The molecular formula is C24H20BrNO5-2. The number of ether oxygens (including phenoxy) is 1. The van der Waals surface area contributed by atoms with Crippen molar-refractivity contribution in [2.45, 2.75) is 12.1 Å². The molecule has 31 heavy (non-hydrogen) atoms. The van der Waals surface area contributed by atoms with Crippen molar-refractivity contribution in [2.24, 2.45) is 0 Å². The number of benzene rings is 3. The lowest BCUT2D eigenvalue weighted by atomic mass is 9.94. The molecule has 0 amide bonds. The Labute approximate surface area is 188 Å². The Morgan fingerprint density at radius 2 is 1.35 bits per heavy atom. The minimum Gasteiger partial charge on any atom is -0.543 e. The lowest BCUT2D eigenvalue weighted by Gasteiger charge is -2.44. The molecule has 6 nitrogen and oxygen atoms in total. The summed E-state index contributed by atoms with van der Waals surface area (Å²) in [5.41, 5.74) is 2.66. The van der Waals surface area contributed by atoms with Crippen molar-refractivity contribution in [3.05, 3.63) is 101 Å². The Hall–Kier alpha value is -3.16. The zero-order chi connectivity index (χ0) is 22.2. The molecule has 0 aliphatic carbocycles. The van der Waals surface area contributed by atoms with Crippen molar-refractivity contribution in [1.82, 2.24) is 4.90 Å². The predicted molar refractivity (Wildman–Crippen MR) is 115 cm³/mol. The van der Waals surface area contributed by atoms with Gasteiger partial charge in [0.2, 0.25) is 0 Å². The van der Waals surface area contributed by atoms with Crippen LogP contribution in [0, 0.1) is 0 Å². The van der Waals surface area contributed by atoms with Crippen LogP contribution in [-0.4, -0.2) is 36.0 Å². The van der Waals surface area contributed by atoms with Gasteiger partial charge in [-0.15, -0.1) is 0 Å². The fourth-order valence-corrected chi connectivity index (χ4v) is 3.75. The zero-order valence-electron chi connectivity index (χ0n) is 16.5. The van der Waals surface area contributed by atoms with E-state index < -0.39 is 11.9 Å². The lowest BCUT2D eigenvalue weighted by molar-refractivity contribution is -0.345. The van der Waals surface area contributed by atoms with Crippen LogP contribution in [0.2, 0.25) is 0 Å². The summed E-state index contributed by atoms with van der Waals surface area (Å²) in [5, 5.41) is 17.9. The number of carboxylic acid groups (broad SMARTS) is 2. The van der Waals surface area contributed by atoms with Gasteiger partial charge in [0.25, 0.3) is 0 Å². The second kappa shape index (κ2) is 10.7. The van der Waals surface area contributed by atoms with Gasteiger partial charge in [0, 0.05) is 17.6 Å². The molecule has 3 aromatic carbocycles. The average Bonchev–Trinajstić information content (AvgIpc) is 2.74. The summed E-state index contributed by atoms with van der Waals surface area (Å²) in [7, 11) is 0. The molecule has 1 heterocycles. The maximum Gasteiger partial charge on any atom is 0.124 e. The molecule has 1 aliphatic rings. The van der Waals surface area contributed by atoms with Gasteiger partial charge in [0.05, 0.1) is 18.0 Å². The summed E-state index contributed by atoms with van der Waals surface area (Å²) < 4.78 is 7.16. The Balaban J connectivity index is 0.000000401. The third-order valence-electron chi connectivity index (χ3n) is 4.74. The molecule has 0 spiro atoms. The summed E-state index contributed by atoms with van der Waals surface area (Å²) in [6.45, 7) is 1.86. The first kappa shape index (κ1) is 22.5. The highest BCUT2D eigenvalue weighted by molar-refractivity contribution is 9.10. The largest absolute Gasteiger partial charge is 0.543 e. The quantitative estimate of drug-likeness (QED) is 0.515. The van der Waals surface area contributed by atoms with E-state index in [0.717, 1.165) is 23.3 Å². The summed E-state index contributed by atoms with van der Waals surface area (Å²) in [5.74, 6) is -3.44. The van der Waals surface area contributed by atoms with E-state index in [1.165, 1.54) is 11.1 Å². The molecule has 1 saturated heterocycles. The van der Waals surface area contributed by atoms with E-state index >= 15 is 0 Å². The van der Waals surface area contributed by atoms with Crippen LogP contribution in [-0.2, 0) is 9.59 Å². The molecule has 0 atom stereocenters. The fraction of sp³-hybridized carbons (Fsp3) is 0.167. The Morgan fingerprint density at radius 3 is 1.81 bits per heavy atom. The fourth-order valence-electron chi connectivity index (χ4n) is 3.37. The highest BCUT2D eigenvalue weighted by Crippen LogP contribution is 2.33. The van der Waals surface area contributed by atoms with Crippen LogP contribution in [0.15, 0.2) is 89.4 Å². The third kappa shape index (κ3) is 6.41. The molecule has 0 radical (unpaired) electrons. The molecule has 0 aromatic heterocycles. The van der Waals surface area contributed by atoms with E-state index in [9.17, 15) is 0 Å². The van der Waals surface area contributed by atoms with Crippen LogP contribution in [0.1, 0.15) is 17.2 Å². The van der Waals surface area contributed by atoms with Crippen LogP contribution in [0.5, 0.6) is 5.75 Å². The normalized spacial score (nSPS) is 13.6. The Kier molecular flexibility index (Phi) is 7.81. The van der Waals surface area contributed by atoms with E-state index in [-0.39, 0.29) is 12.1 Å². The van der Waals surface area contributed by atoms with Crippen LogP contribution in [0.25, 0.3) is 0 Å². The topological polar surface area (TPSA) is 92.7 Å². The van der Waals surface area contributed by atoms with Crippen LogP contribution >= 0.6 is 15.9 Å². The van der Waals surface area contributed by atoms with Gasteiger partial charge in [-0.1, -0.05) is 82.7 Å². The van der Waals surface area contributed by atoms with E-state index in [1.807, 2.05) is 24.3 Å². The number of halogens is 1. The summed E-state index contributed by atoms with van der Waals surface area (Å²) in [6, 6.07) is 29.8. The molecular weight excluding hydrogens is 462 g/mol. The van der Waals surface area contributed by atoms with Gasteiger partial charge >= 0.3 is 0 Å². The van der Waals surface area contributed by atoms with Gasteiger partial charge in [-0.3, -0.25) is 4.90 Å². The van der Waals surface area contributed by atoms with Crippen LogP contribution < -0.4 is 14.9 Å². The Morgan fingerprint density at radius 1 is 0.839 bits per heavy atom. The number of carbonyl (C=O) groups excluding carboxylic acids is 2. The molecule has 0 N–H and O–H groups in total. The number of likely N-dealkylation sites (tertiary alicyclic amines) is 1. The third-order valence-corrected chi connectivity index (χ3v) is 5.23. The van der Waals surface area contributed by atoms with Crippen molar-refractivity contribution < 1.29 is 24.5 Å². The second-order valence-corrected chi connectivity index (χ2v) is 7.87. The summed E-state index contributed by atoms with van der Waals surface area (Å²) in [6.07, 6.45) is 0.240. The number of hydrogen-bond donors (Lipinski definition) is 0. The molecule has 0 bridgehead atoms. The Bertz CT molecular complexity index is 955. The van der Waals surface area contributed by atoms with E-state index in [2.05, 4.69) is 81.5 Å². The first-order chi connectivity index (χ1) is 14.9. The summed E-state index contributed by atoms with van der Waals surface area (Å²) in [4.78, 5) is 20.3. The second-order valence-electron chi connectivity index (χ2n) is 6.95. The van der Waals surface area contributed by atoms with E-state index in [1.54, 1.807) is 0 Å². The number of carboxylic acids is 2. The number of hydrogen-bond acceptors (Lipinski definition) is 6. The molecule has 0 unspecified atom stereocenters. The van der Waals surface area contributed by atoms with E-state index in [0.29, 0.717) is 0 Å². The smallest absolute Gasteiger partial charge is 0.124 e. The zero-order valence-corrected chi connectivity index (χ0v) is 18.1. The number of aliphatic carboxylic acids is 2. The van der Waals surface area contributed by atoms with Crippen LogP contribution in [0.3, 0.4) is 0 Å². The lowest BCUT2D eigenvalue weighted by Crippen LogP contribution is -2.55. The van der Waals surface area contributed by atoms with Gasteiger partial charge in [0.1, 0.15) is 11.9 Å². The van der Waals surface area contributed by atoms with Crippen molar-refractivity contribution in [3.63, 3.8) is 0 Å². The molecule has 0 saturated carbocycles. The first-order valence-corrected chi connectivity index (χ1v) is 10.4. The number of nitrogens with zero attached hydrogens (tertiary/aromatic N) is 1. The molecule has 1 fully saturated rings. The molecule has 1 aliphatic heterocycles. The highest BCUT2D eigenvalue weighted by atomic mass is 79.9. The average molecular weight is 482 g/mol. The van der Waals surface area contributed by atoms with E-state index in [4.69, 9.17) is 24.5 Å². The standard InChI is InChI=1S/C22H20BrNO.C2H2O4/c23-19-12-7-13-20(14-19)25-21-15-24(16-21)22(17-8-3-1-4-9-17)18-10-5-2-6-11-18;3-1(4)2(5)6/h1-14,21-22H,15-16H2;(H,3,4)(H,5,6)/p-2. The maximum atomic E-state index is 8.93. The van der Waals surface area contributed by atoms with Crippen molar-refractivity contribution in [1.29, 1.82) is 0 Å². The van der Waals surface area contributed by atoms with Crippen molar-refractivity contribution >= 4 is 27.9 Å². The van der Waals surface area contributed by atoms with Crippen molar-refractivity contribution in [2.75, 3.05) is 13.1 Å². The minimum absolute atomic E-state index is 0.240. The SMILES string of the molecule is Brc1cccc(OC2CN(C(c3ccccc3)c3ccccc3)C2)c1.O=C([O-])C(=O)[O-].